The Morgan fingerprint density at radius 1 is 1.06 bits per heavy atom. The number of carbonyl (C=O) groups is 1. The van der Waals surface area contributed by atoms with E-state index in [1.807, 2.05) is 18.2 Å². The summed E-state index contributed by atoms with van der Waals surface area (Å²) in [6, 6.07) is 14.6. The molecule has 5 rings (SSSR count). The van der Waals surface area contributed by atoms with Gasteiger partial charge in [-0.1, -0.05) is 43.0 Å². The first-order valence-corrected chi connectivity index (χ1v) is 12.1. The number of esters is 1. The van der Waals surface area contributed by atoms with Crippen molar-refractivity contribution < 1.29 is 19.2 Å². The zero-order chi connectivity index (χ0) is 24.5. The largest absolute Gasteiger partial charge is 0.495 e. The van der Waals surface area contributed by atoms with Crippen LogP contribution in [0.1, 0.15) is 42.5 Å². The van der Waals surface area contributed by atoms with Crippen molar-refractivity contribution in [1.82, 2.24) is 4.57 Å². The molecule has 1 saturated carbocycles. The summed E-state index contributed by atoms with van der Waals surface area (Å²) in [4.78, 5) is 23.8. The Morgan fingerprint density at radius 2 is 1.80 bits per heavy atom. The van der Waals surface area contributed by atoms with Gasteiger partial charge in [0, 0.05) is 29.4 Å². The van der Waals surface area contributed by atoms with Gasteiger partial charge in [0.05, 0.1) is 33.7 Å². The molecular formula is C27H25ClN2O5. The number of fused-ring (bicyclic) bond motifs is 3. The number of hydrogen-bond donors (Lipinski definition) is 0. The molecule has 0 bridgehead atoms. The van der Waals surface area contributed by atoms with Crippen LogP contribution in [0.15, 0.2) is 54.6 Å². The van der Waals surface area contributed by atoms with Gasteiger partial charge in [-0.2, -0.15) is 0 Å². The number of nitrogens with zero attached hydrogens (tertiary/aromatic N) is 2. The summed E-state index contributed by atoms with van der Waals surface area (Å²) in [5.41, 5.74) is 2.01. The monoisotopic (exact) mass is 492 g/mol. The Bertz CT molecular complexity index is 1420. The van der Waals surface area contributed by atoms with Crippen LogP contribution in [-0.4, -0.2) is 22.6 Å². The van der Waals surface area contributed by atoms with Crippen LogP contribution in [0.2, 0.25) is 5.02 Å². The van der Waals surface area contributed by atoms with Crippen LogP contribution in [0.4, 0.5) is 5.69 Å². The summed E-state index contributed by atoms with van der Waals surface area (Å²) in [5.74, 6) is 0.867. The second kappa shape index (κ2) is 9.58. The highest BCUT2D eigenvalue weighted by molar-refractivity contribution is 6.37. The maximum atomic E-state index is 13.3. The first-order valence-electron chi connectivity index (χ1n) is 11.7. The number of ether oxygens (including phenoxy) is 2. The summed E-state index contributed by atoms with van der Waals surface area (Å²) in [6.07, 6.45) is 6.04. The Labute approximate surface area is 207 Å². The highest BCUT2D eigenvalue weighted by atomic mass is 35.5. The van der Waals surface area contributed by atoms with E-state index in [-0.39, 0.29) is 11.4 Å². The highest BCUT2D eigenvalue weighted by Crippen LogP contribution is 2.41. The van der Waals surface area contributed by atoms with Gasteiger partial charge in [0.15, 0.2) is 0 Å². The van der Waals surface area contributed by atoms with E-state index < -0.39 is 10.9 Å². The highest BCUT2D eigenvalue weighted by Gasteiger charge is 2.25. The third-order valence-corrected chi connectivity index (χ3v) is 7.11. The molecule has 1 aliphatic carbocycles. The molecule has 0 amide bonds. The van der Waals surface area contributed by atoms with E-state index in [9.17, 15) is 14.9 Å². The molecule has 180 valence electrons. The zero-order valence-corrected chi connectivity index (χ0v) is 20.1. The fraction of sp³-hybridized carbons (Fsp3) is 0.296. The molecule has 1 heterocycles. The molecule has 0 N–H and O–H groups in total. The van der Waals surface area contributed by atoms with Crippen molar-refractivity contribution in [3.8, 4) is 11.5 Å². The Kier molecular flexibility index (Phi) is 6.34. The van der Waals surface area contributed by atoms with Crippen molar-refractivity contribution in [3.63, 3.8) is 0 Å². The van der Waals surface area contributed by atoms with Gasteiger partial charge in [-0.25, -0.2) is 4.79 Å². The van der Waals surface area contributed by atoms with Crippen molar-refractivity contribution >= 4 is 45.1 Å². The second-order valence-electron chi connectivity index (χ2n) is 8.93. The van der Waals surface area contributed by atoms with E-state index in [2.05, 4.69) is 4.57 Å². The lowest BCUT2D eigenvalue weighted by Gasteiger charge is -2.23. The van der Waals surface area contributed by atoms with Gasteiger partial charge in [0.25, 0.3) is 5.69 Å². The number of halogens is 1. The first-order chi connectivity index (χ1) is 17.0. The van der Waals surface area contributed by atoms with Gasteiger partial charge in [-0.15, -0.1) is 0 Å². The summed E-state index contributed by atoms with van der Waals surface area (Å²) >= 11 is 6.72. The molecule has 0 saturated heterocycles. The zero-order valence-electron chi connectivity index (χ0n) is 19.3. The van der Waals surface area contributed by atoms with E-state index in [1.165, 1.54) is 43.5 Å². The summed E-state index contributed by atoms with van der Waals surface area (Å²) in [6.45, 7) is 0.793. The lowest BCUT2D eigenvalue weighted by atomic mass is 9.89. The minimum absolute atomic E-state index is 0.0722. The summed E-state index contributed by atoms with van der Waals surface area (Å²) in [7, 11) is 1.62. The van der Waals surface area contributed by atoms with E-state index in [4.69, 9.17) is 21.1 Å². The van der Waals surface area contributed by atoms with Gasteiger partial charge in [0.2, 0.25) is 0 Å². The molecule has 1 fully saturated rings. The van der Waals surface area contributed by atoms with Crippen LogP contribution in [0.5, 0.6) is 11.5 Å². The van der Waals surface area contributed by atoms with E-state index in [1.54, 1.807) is 19.2 Å². The Hall–Kier alpha value is -3.58. The average Bonchev–Trinajstić information content (AvgIpc) is 3.20. The fourth-order valence-electron chi connectivity index (χ4n) is 5.16. The van der Waals surface area contributed by atoms with Crippen LogP contribution in [-0.2, 0) is 6.54 Å². The van der Waals surface area contributed by atoms with E-state index in [0.717, 1.165) is 41.2 Å². The van der Waals surface area contributed by atoms with Crippen LogP contribution in [0, 0.1) is 16.0 Å². The van der Waals surface area contributed by atoms with Crippen LogP contribution < -0.4 is 9.47 Å². The maximum Gasteiger partial charge on any atom is 0.344 e. The van der Waals surface area contributed by atoms with Crippen molar-refractivity contribution in [2.75, 3.05) is 7.11 Å². The molecule has 7 nitrogen and oxygen atoms in total. The van der Waals surface area contributed by atoms with Gasteiger partial charge >= 0.3 is 5.97 Å². The van der Waals surface area contributed by atoms with Crippen molar-refractivity contribution in [2.45, 2.75) is 38.6 Å². The smallest absolute Gasteiger partial charge is 0.344 e. The van der Waals surface area contributed by atoms with Gasteiger partial charge < -0.3 is 14.0 Å². The van der Waals surface area contributed by atoms with Crippen LogP contribution >= 0.6 is 11.6 Å². The van der Waals surface area contributed by atoms with Crippen molar-refractivity contribution in [2.24, 2.45) is 5.92 Å². The number of methoxy groups -OCH3 is 1. The average molecular weight is 493 g/mol. The molecule has 3 aromatic carbocycles. The molecule has 0 unspecified atom stereocenters. The molecule has 1 aliphatic rings. The minimum Gasteiger partial charge on any atom is -0.495 e. The Balaban J connectivity index is 1.64. The molecule has 0 spiro atoms. The predicted molar refractivity (Wildman–Crippen MR) is 136 cm³/mol. The van der Waals surface area contributed by atoms with E-state index >= 15 is 0 Å². The third kappa shape index (κ3) is 4.32. The number of benzene rings is 3. The fourth-order valence-corrected chi connectivity index (χ4v) is 5.44. The van der Waals surface area contributed by atoms with Gasteiger partial charge in [-0.05, 0) is 49.1 Å². The summed E-state index contributed by atoms with van der Waals surface area (Å²) in [5, 5.41) is 13.1. The minimum atomic E-state index is -0.553. The molecular weight excluding hydrogens is 468 g/mol. The van der Waals surface area contributed by atoms with Gasteiger partial charge in [-0.3, -0.25) is 10.1 Å². The quantitative estimate of drug-likeness (QED) is 0.123. The number of nitro groups is 1. The van der Waals surface area contributed by atoms with Crippen molar-refractivity contribution in [1.29, 1.82) is 0 Å². The normalized spacial score (nSPS) is 14.3. The Morgan fingerprint density at radius 3 is 2.49 bits per heavy atom. The molecule has 1 aromatic heterocycles. The number of hydrogen-bond acceptors (Lipinski definition) is 5. The molecule has 0 radical (unpaired) electrons. The second-order valence-corrected chi connectivity index (χ2v) is 9.34. The molecule has 8 heteroatoms. The van der Waals surface area contributed by atoms with E-state index in [0.29, 0.717) is 22.3 Å². The predicted octanol–water partition coefficient (Wildman–Crippen LogP) is 7.16. The van der Waals surface area contributed by atoms with Crippen LogP contribution in [0.25, 0.3) is 21.8 Å². The number of aromatic nitrogens is 1. The topological polar surface area (TPSA) is 83.6 Å². The van der Waals surface area contributed by atoms with Crippen LogP contribution in [0.3, 0.4) is 0 Å². The molecule has 4 aromatic rings. The van der Waals surface area contributed by atoms with Crippen molar-refractivity contribution in [3.05, 3.63) is 75.3 Å². The number of non-ortho nitro benzene ring substituents is 1. The maximum absolute atomic E-state index is 13.3. The molecule has 0 aliphatic heterocycles. The third-order valence-electron chi connectivity index (χ3n) is 6.80. The molecule has 35 heavy (non-hydrogen) atoms. The number of carbonyl (C=O) groups excluding carboxylic acids is 1. The lowest BCUT2D eigenvalue weighted by molar-refractivity contribution is -0.384. The number of rotatable bonds is 6. The number of nitro benzene ring substituents is 1. The molecule has 0 atom stereocenters. The SMILES string of the molecule is COc1ccc(C(=O)Oc2ccc([N+](=O)[O-])cc2)c2c3cccc(Cl)c3n(CC3CCCCC3)c12. The number of para-hydroxylation sites is 1. The van der Waals surface area contributed by atoms with Gasteiger partial charge in [0.1, 0.15) is 11.5 Å². The summed E-state index contributed by atoms with van der Waals surface area (Å²) < 4.78 is 13.5. The standard InChI is InChI=1S/C27H25ClN2O5/c1-34-23-15-14-21(27(31)35-19-12-10-18(11-13-19)30(32)33)24-20-8-5-9-22(28)25(20)29(26(23)24)16-17-6-3-2-4-7-17/h5,8-15,17H,2-4,6-7,16H2,1H3. The first kappa shape index (κ1) is 23.2. The lowest BCUT2D eigenvalue weighted by Crippen LogP contribution is -2.14.